The van der Waals surface area contributed by atoms with Crippen LogP contribution in [0.15, 0.2) is 42.7 Å². The van der Waals surface area contributed by atoms with Gasteiger partial charge in [-0.3, -0.25) is 9.78 Å². The van der Waals surface area contributed by atoms with E-state index in [0.29, 0.717) is 5.56 Å². The van der Waals surface area contributed by atoms with Gasteiger partial charge in [-0.15, -0.1) is 0 Å². The van der Waals surface area contributed by atoms with E-state index in [9.17, 15) is 9.18 Å². The van der Waals surface area contributed by atoms with Crippen LogP contribution in [-0.4, -0.2) is 22.6 Å². The second-order valence-corrected chi connectivity index (χ2v) is 4.20. The lowest BCUT2D eigenvalue weighted by atomic mass is 10.1. The van der Waals surface area contributed by atoms with Crippen LogP contribution in [0.2, 0.25) is 0 Å². The first-order valence-electron chi connectivity index (χ1n) is 6.27. The number of halogens is 1. The lowest BCUT2D eigenvalue weighted by molar-refractivity contribution is 0.0947. The van der Waals surface area contributed by atoms with Crippen LogP contribution >= 0.6 is 0 Å². The number of nitrogens with zero attached hydrogens (tertiary/aromatic N) is 1. The molecule has 4 nitrogen and oxygen atoms in total. The maximum Gasteiger partial charge on any atom is 0.254 e. The molecule has 0 fully saturated rings. The van der Waals surface area contributed by atoms with Crippen molar-refractivity contribution in [1.29, 1.82) is 0 Å². The molecule has 0 aliphatic heterocycles. The Morgan fingerprint density at radius 3 is 2.90 bits per heavy atom. The minimum absolute atomic E-state index is 0.0477. The number of hydrogen-bond acceptors (Lipinski definition) is 3. The summed E-state index contributed by atoms with van der Waals surface area (Å²) in [6.07, 6.45) is 3.27. The molecular formula is C16H13FN2O2. The van der Waals surface area contributed by atoms with Gasteiger partial charge in [-0.25, -0.2) is 4.39 Å². The summed E-state index contributed by atoms with van der Waals surface area (Å²) in [5.74, 6) is 3.85. The van der Waals surface area contributed by atoms with Crippen LogP contribution in [0, 0.1) is 17.7 Å². The molecule has 106 valence electrons. The number of aliphatic hydroxyl groups excluding tert-OH is 1. The Labute approximate surface area is 121 Å². The van der Waals surface area contributed by atoms with Crippen molar-refractivity contribution in [2.45, 2.75) is 6.54 Å². The maximum absolute atomic E-state index is 13.9. The third-order valence-electron chi connectivity index (χ3n) is 2.70. The number of carbonyl (C=O) groups is 1. The van der Waals surface area contributed by atoms with Crippen LogP contribution in [0.5, 0.6) is 0 Å². The maximum atomic E-state index is 13.9. The summed E-state index contributed by atoms with van der Waals surface area (Å²) in [6.45, 7) is -0.0207. The second-order valence-electron chi connectivity index (χ2n) is 4.20. The smallest absolute Gasteiger partial charge is 0.254 e. The van der Waals surface area contributed by atoms with Crippen molar-refractivity contribution in [2.24, 2.45) is 0 Å². The molecule has 2 aromatic rings. The van der Waals surface area contributed by atoms with E-state index in [4.69, 9.17) is 5.11 Å². The Morgan fingerprint density at radius 2 is 2.24 bits per heavy atom. The number of carbonyl (C=O) groups excluding carboxylic acids is 1. The quantitative estimate of drug-likeness (QED) is 0.840. The fourth-order valence-electron chi connectivity index (χ4n) is 1.70. The molecule has 2 N–H and O–H groups in total. The molecule has 0 atom stereocenters. The highest BCUT2D eigenvalue weighted by atomic mass is 19.1. The van der Waals surface area contributed by atoms with Crippen molar-refractivity contribution in [3.8, 4) is 11.8 Å². The first kappa shape index (κ1) is 14.7. The molecule has 0 spiro atoms. The Balaban J connectivity index is 2.05. The van der Waals surface area contributed by atoms with Crippen LogP contribution in [0.4, 0.5) is 4.39 Å². The van der Waals surface area contributed by atoms with E-state index in [2.05, 4.69) is 22.1 Å². The van der Waals surface area contributed by atoms with Crippen LogP contribution in [0.25, 0.3) is 0 Å². The topological polar surface area (TPSA) is 62.2 Å². The second kappa shape index (κ2) is 7.17. The summed E-state index contributed by atoms with van der Waals surface area (Å²) in [5.41, 5.74) is 1.19. The molecule has 1 aromatic carbocycles. The SMILES string of the molecule is O=C(NCc1cccnc1)c1ccc(C#CCO)cc1F. The monoisotopic (exact) mass is 284 g/mol. The predicted octanol–water partition coefficient (Wildman–Crippen LogP) is 1.49. The fraction of sp³-hybridized carbons (Fsp3) is 0.125. The minimum atomic E-state index is -0.650. The summed E-state index contributed by atoms with van der Waals surface area (Å²) >= 11 is 0. The molecule has 0 saturated carbocycles. The van der Waals surface area contributed by atoms with E-state index in [-0.39, 0.29) is 18.7 Å². The molecule has 0 bridgehead atoms. The summed E-state index contributed by atoms with van der Waals surface area (Å²) in [6, 6.07) is 7.65. The van der Waals surface area contributed by atoms with Crippen LogP contribution in [0.3, 0.4) is 0 Å². The summed E-state index contributed by atoms with van der Waals surface area (Å²) in [5, 5.41) is 11.2. The van der Waals surface area contributed by atoms with Crippen LogP contribution < -0.4 is 5.32 Å². The van der Waals surface area contributed by atoms with Gasteiger partial charge in [-0.1, -0.05) is 17.9 Å². The highest BCUT2D eigenvalue weighted by Gasteiger charge is 2.11. The lowest BCUT2D eigenvalue weighted by Crippen LogP contribution is -2.23. The van der Waals surface area contributed by atoms with Crippen molar-refractivity contribution in [2.75, 3.05) is 6.61 Å². The zero-order valence-electron chi connectivity index (χ0n) is 11.1. The van der Waals surface area contributed by atoms with E-state index in [0.717, 1.165) is 5.56 Å². The number of nitrogens with one attached hydrogen (secondary N) is 1. The van der Waals surface area contributed by atoms with E-state index in [1.165, 1.54) is 18.2 Å². The van der Waals surface area contributed by atoms with Gasteiger partial charge < -0.3 is 10.4 Å². The van der Waals surface area contributed by atoms with Gasteiger partial charge in [0, 0.05) is 24.5 Å². The molecule has 1 heterocycles. The Kier molecular flexibility index (Phi) is 5.02. The molecule has 0 aliphatic carbocycles. The highest BCUT2D eigenvalue weighted by Crippen LogP contribution is 2.10. The van der Waals surface area contributed by atoms with Gasteiger partial charge in [-0.05, 0) is 29.8 Å². The van der Waals surface area contributed by atoms with Gasteiger partial charge >= 0.3 is 0 Å². The molecule has 5 heteroatoms. The molecule has 1 amide bonds. The molecular weight excluding hydrogens is 271 g/mol. The van der Waals surface area contributed by atoms with Gasteiger partial charge in [-0.2, -0.15) is 0 Å². The van der Waals surface area contributed by atoms with Gasteiger partial charge in [0.15, 0.2) is 0 Å². The zero-order chi connectivity index (χ0) is 15.1. The van der Waals surface area contributed by atoms with Crippen molar-refractivity contribution in [1.82, 2.24) is 10.3 Å². The number of amides is 1. The molecule has 0 unspecified atom stereocenters. The molecule has 1 aromatic heterocycles. The van der Waals surface area contributed by atoms with Gasteiger partial charge in [0.1, 0.15) is 12.4 Å². The molecule has 0 radical (unpaired) electrons. The average Bonchev–Trinajstić information content (AvgIpc) is 2.51. The van der Waals surface area contributed by atoms with Gasteiger partial charge in [0.25, 0.3) is 5.91 Å². The van der Waals surface area contributed by atoms with E-state index in [1.54, 1.807) is 18.5 Å². The average molecular weight is 284 g/mol. The largest absolute Gasteiger partial charge is 0.384 e. The van der Waals surface area contributed by atoms with E-state index < -0.39 is 11.7 Å². The first-order valence-corrected chi connectivity index (χ1v) is 6.27. The third kappa shape index (κ3) is 4.13. The summed E-state index contributed by atoms with van der Waals surface area (Å²) in [4.78, 5) is 15.8. The lowest BCUT2D eigenvalue weighted by Gasteiger charge is -2.06. The fourth-order valence-corrected chi connectivity index (χ4v) is 1.70. The van der Waals surface area contributed by atoms with Gasteiger partial charge in [0.2, 0.25) is 0 Å². The van der Waals surface area contributed by atoms with Crippen LogP contribution in [0.1, 0.15) is 21.5 Å². The third-order valence-corrected chi connectivity index (χ3v) is 2.70. The van der Waals surface area contributed by atoms with Crippen molar-refractivity contribution in [3.05, 3.63) is 65.2 Å². The van der Waals surface area contributed by atoms with Crippen LogP contribution in [-0.2, 0) is 6.54 Å². The summed E-state index contributed by atoms with van der Waals surface area (Å²) in [7, 11) is 0. The Morgan fingerprint density at radius 1 is 1.38 bits per heavy atom. The molecule has 21 heavy (non-hydrogen) atoms. The van der Waals surface area contributed by atoms with Crippen molar-refractivity contribution < 1.29 is 14.3 Å². The number of hydrogen-bond donors (Lipinski definition) is 2. The number of benzene rings is 1. The van der Waals surface area contributed by atoms with Crippen molar-refractivity contribution >= 4 is 5.91 Å². The zero-order valence-corrected chi connectivity index (χ0v) is 11.1. The standard InChI is InChI=1S/C16H13FN2O2/c17-15-9-12(4-2-8-20)5-6-14(15)16(21)19-11-13-3-1-7-18-10-13/h1,3,5-7,9-10,20H,8,11H2,(H,19,21). The number of aromatic nitrogens is 1. The first-order chi connectivity index (χ1) is 10.2. The number of pyridine rings is 1. The normalized spacial score (nSPS) is 9.62. The minimum Gasteiger partial charge on any atom is -0.384 e. The number of aliphatic hydroxyl groups is 1. The van der Waals surface area contributed by atoms with E-state index in [1.807, 2.05) is 6.07 Å². The van der Waals surface area contributed by atoms with Crippen molar-refractivity contribution in [3.63, 3.8) is 0 Å². The predicted molar refractivity (Wildman–Crippen MR) is 75.8 cm³/mol. The number of rotatable bonds is 3. The van der Waals surface area contributed by atoms with Gasteiger partial charge in [0.05, 0.1) is 5.56 Å². The highest BCUT2D eigenvalue weighted by molar-refractivity contribution is 5.94. The molecule has 2 rings (SSSR count). The Hall–Kier alpha value is -2.71. The summed E-state index contributed by atoms with van der Waals surface area (Å²) < 4.78 is 13.9. The Bertz CT molecular complexity index is 690. The van der Waals surface area contributed by atoms with E-state index >= 15 is 0 Å². The molecule has 0 aliphatic rings. The molecule has 0 saturated heterocycles.